The summed E-state index contributed by atoms with van der Waals surface area (Å²) < 4.78 is 11.0. The van der Waals surface area contributed by atoms with Crippen LogP contribution in [0.25, 0.3) is 32.9 Å². The van der Waals surface area contributed by atoms with Crippen molar-refractivity contribution in [3.8, 4) is 16.9 Å². The zero-order valence-electron chi connectivity index (χ0n) is 22.6. The maximum atomic E-state index is 13.8. The molecule has 2 amide bonds. The molecule has 0 unspecified atom stereocenters. The number of nitrogens with one attached hydrogen (secondary N) is 2. The number of carbonyl (C=O) groups excluding carboxylic acids is 2. The van der Waals surface area contributed by atoms with E-state index in [9.17, 15) is 9.59 Å². The number of rotatable bonds is 4. The van der Waals surface area contributed by atoms with Crippen LogP contribution in [0.15, 0.2) is 42.5 Å². The minimum atomic E-state index is -0.653. The summed E-state index contributed by atoms with van der Waals surface area (Å²) in [5.41, 5.74) is 6.57. The van der Waals surface area contributed by atoms with Crippen molar-refractivity contribution in [3.63, 3.8) is 0 Å². The molecule has 1 aromatic heterocycles. The average Bonchev–Trinajstić information content (AvgIpc) is 3.37. The Morgan fingerprint density at radius 2 is 2.00 bits per heavy atom. The molecule has 3 aromatic carbocycles. The van der Waals surface area contributed by atoms with Crippen LogP contribution in [0.4, 0.5) is 4.79 Å². The number of aromatic nitrogens is 2. The fourth-order valence-electron chi connectivity index (χ4n) is 6.48. The maximum Gasteiger partial charge on any atom is 0.407 e. The molecule has 9 heteroatoms. The summed E-state index contributed by atoms with van der Waals surface area (Å²) in [4.78, 5) is 36.3. The number of likely N-dealkylation sites (tertiary alicyclic amines) is 1. The van der Waals surface area contributed by atoms with E-state index in [1.807, 2.05) is 24.8 Å². The van der Waals surface area contributed by atoms with E-state index >= 15 is 0 Å². The van der Waals surface area contributed by atoms with Crippen molar-refractivity contribution in [2.24, 2.45) is 11.8 Å². The van der Waals surface area contributed by atoms with Gasteiger partial charge < -0.3 is 24.7 Å². The van der Waals surface area contributed by atoms with Crippen molar-refractivity contribution in [3.05, 3.63) is 53.9 Å². The minimum absolute atomic E-state index is 0.0742. The van der Waals surface area contributed by atoms with Crippen LogP contribution in [-0.4, -0.2) is 53.9 Å². The number of fused-ring (bicyclic) bond motifs is 7. The molecule has 2 N–H and O–H groups in total. The lowest BCUT2D eigenvalue weighted by Crippen LogP contribution is -2.52. The summed E-state index contributed by atoms with van der Waals surface area (Å²) in [7, 11) is 3.41. The number of ether oxygens (including phenoxy) is 2. The topological polar surface area (TPSA) is 96.6 Å². The smallest absolute Gasteiger partial charge is 0.407 e. The van der Waals surface area contributed by atoms with Crippen molar-refractivity contribution in [1.29, 1.82) is 0 Å². The molecule has 1 saturated heterocycles. The van der Waals surface area contributed by atoms with Crippen LogP contribution in [0, 0.1) is 11.8 Å². The predicted octanol–water partition coefficient (Wildman–Crippen LogP) is 3.58. The Morgan fingerprint density at radius 1 is 1.15 bits per heavy atom. The van der Waals surface area contributed by atoms with Crippen LogP contribution in [0.3, 0.4) is 0 Å². The molecule has 39 heavy (non-hydrogen) atoms. The van der Waals surface area contributed by atoms with Gasteiger partial charge in [-0.25, -0.2) is 9.78 Å². The first-order valence-electron chi connectivity index (χ1n) is 13.7. The van der Waals surface area contributed by atoms with Gasteiger partial charge in [-0.2, -0.15) is 0 Å². The van der Waals surface area contributed by atoms with Crippen LogP contribution < -0.4 is 15.5 Å². The Morgan fingerprint density at radius 3 is 2.79 bits per heavy atom. The number of nitrogens with zero attached hydrogens (tertiary/aromatic N) is 2. The summed E-state index contributed by atoms with van der Waals surface area (Å²) in [6, 6.07) is 14.4. The highest BCUT2D eigenvalue weighted by Crippen LogP contribution is 2.53. The number of carbonyl (C=O) groups is 2. The number of hydrogen-bond donors (Lipinski definition) is 2. The zero-order valence-corrected chi connectivity index (χ0v) is 22.6. The maximum absolute atomic E-state index is 13.8. The molecule has 0 radical (unpaired) electrons. The number of aromatic amines is 1. The fraction of sp³-hybridized carbons (Fsp3) is 0.367. The largest absolute Gasteiger partial charge is 0.488 e. The Labute approximate surface area is 227 Å². The highest BCUT2D eigenvalue weighted by Gasteiger charge is 2.56. The van der Waals surface area contributed by atoms with Gasteiger partial charge in [0, 0.05) is 17.0 Å². The second-order valence-electron chi connectivity index (χ2n) is 11.5. The van der Waals surface area contributed by atoms with Gasteiger partial charge >= 0.3 is 6.09 Å². The molecule has 4 atom stereocenters. The van der Waals surface area contributed by atoms with Gasteiger partial charge in [0.25, 0.3) is 0 Å². The Hall–Kier alpha value is -4.01. The predicted molar refractivity (Wildman–Crippen MR) is 152 cm³/mol. The van der Waals surface area contributed by atoms with Crippen LogP contribution in [-0.2, 0) is 16.1 Å². The molecule has 3 aliphatic rings. The highest BCUT2D eigenvalue weighted by molar-refractivity contribution is 6.32. The first-order chi connectivity index (χ1) is 18.8. The van der Waals surface area contributed by atoms with E-state index < -0.39 is 12.1 Å². The van der Waals surface area contributed by atoms with Crippen molar-refractivity contribution >= 4 is 47.1 Å². The van der Waals surface area contributed by atoms with E-state index in [2.05, 4.69) is 54.5 Å². The Balaban J connectivity index is 1.26. The molecule has 0 spiro atoms. The van der Waals surface area contributed by atoms with Crippen LogP contribution in [0.1, 0.15) is 44.1 Å². The third-order valence-electron chi connectivity index (χ3n) is 8.59. The summed E-state index contributed by atoms with van der Waals surface area (Å²) in [5, 5.41) is 4.91. The summed E-state index contributed by atoms with van der Waals surface area (Å²) in [5.74, 6) is 1.98. The number of benzene rings is 3. The van der Waals surface area contributed by atoms with Gasteiger partial charge in [-0.1, -0.05) is 43.6 Å². The lowest BCUT2D eigenvalue weighted by molar-refractivity contribution is -0.136. The Bertz CT molecular complexity index is 1660. The lowest BCUT2D eigenvalue weighted by Gasteiger charge is -2.31. The third kappa shape index (κ3) is 3.86. The van der Waals surface area contributed by atoms with Crippen molar-refractivity contribution in [2.75, 3.05) is 7.11 Å². The number of imidazole rings is 1. The second kappa shape index (κ2) is 8.76. The molecular weight excluding hydrogens is 491 g/mol. The molecule has 7 rings (SSSR count). The number of piperidine rings is 1. The number of amides is 2. The van der Waals surface area contributed by atoms with Gasteiger partial charge in [-0.15, -0.1) is 0 Å². The van der Waals surface area contributed by atoms with E-state index in [4.69, 9.17) is 14.5 Å². The van der Waals surface area contributed by atoms with Crippen LogP contribution in [0.2, 0.25) is 0 Å². The van der Waals surface area contributed by atoms with Gasteiger partial charge in [0.2, 0.25) is 5.91 Å². The van der Waals surface area contributed by atoms with E-state index in [0.717, 1.165) is 51.8 Å². The molecule has 2 aliphatic heterocycles. The lowest BCUT2D eigenvalue weighted by atomic mass is 9.88. The van der Waals surface area contributed by atoms with Gasteiger partial charge in [0.15, 0.2) is 0 Å². The first kappa shape index (κ1) is 24.1. The molecule has 0 bridgehead atoms. The Kier molecular flexibility index (Phi) is 5.41. The van der Waals surface area contributed by atoms with Crippen LogP contribution >= 0.6 is 0 Å². The minimum Gasteiger partial charge on any atom is -0.488 e. The summed E-state index contributed by atoms with van der Waals surface area (Å²) in [6.07, 6.45) is 1.27. The SMILES string of the molecule is Bc1ccc2c(c1)COc1cc3c(ccc4nc([C@@H]5C[C@H]6C[C@H]6N5C(=O)[C@@H](NC(=O)OC)C(C)C)[nH]c43)cc1-2. The normalized spacial score (nSPS) is 21.7. The first-order valence-corrected chi connectivity index (χ1v) is 13.7. The quantitative estimate of drug-likeness (QED) is 0.400. The van der Waals surface area contributed by atoms with Gasteiger partial charge in [-0.3, -0.25) is 4.79 Å². The van der Waals surface area contributed by atoms with E-state index in [1.165, 1.54) is 23.7 Å². The number of hydrogen-bond acceptors (Lipinski definition) is 5. The fourth-order valence-corrected chi connectivity index (χ4v) is 6.48. The van der Waals surface area contributed by atoms with E-state index in [1.54, 1.807) is 0 Å². The standard InChI is InChI=1S/C30H31BN4O4/c1-14(2)26(34-30(37)38-3)29(36)35-23-10-16(23)11-24(35)28-32-22-7-4-15-9-21-19-6-5-18(31)8-17(19)13-39-25(21)12-20(15)27(22)33-28/h4-9,12,14,16,23-24,26H,10-11,13,31H2,1-3H3,(H,32,33)(H,34,37)/t16-,23-,24+,26+/m1/s1. The highest BCUT2D eigenvalue weighted by atomic mass is 16.5. The third-order valence-corrected chi connectivity index (χ3v) is 8.59. The number of methoxy groups -OCH3 is 1. The molecular formula is C30H31BN4O4. The molecule has 4 aromatic rings. The molecule has 2 fully saturated rings. The zero-order chi connectivity index (χ0) is 27.0. The monoisotopic (exact) mass is 522 g/mol. The summed E-state index contributed by atoms with van der Waals surface area (Å²) in [6.45, 7) is 4.42. The summed E-state index contributed by atoms with van der Waals surface area (Å²) >= 11 is 0. The van der Waals surface area contributed by atoms with E-state index in [-0.39, 0.29) is 23.9 Å². The number of H-pyrrole nitrogens is 1. The molecule has 8 nitrogen and oxygen atoms in total. The molecule has 198 valence electrons. The average molecular weight is 522 g/mol. The van der Waals surface area contributed by atoms with Crippen molar-refractivity contribution < 1.29 is 19.1 Å². The van der Waals surface area contributed by atoms with Crippen molar-refractivity contribution in [1.82, 2.24) is 20.2 Å². The van der Waals surface area contributed by atoms with E-state index in [0.29, 0.717) is 12.5 Å². The van der Waals surface area contributed by atoms with Crippen molar-refractivity contribution in [2.45, 2.75) is 51.4 Å². The van der Waals surface area contributed by atoms with Crippen LogP contribution in [0.5, 0.6) is 5.75 Å². The molecule has 1 saturated carbocycles. The second-order valence-corrected chi connectivity index (χ2v) is 11.5. The molecule has 1 aliphatic carbocycles. The molecule has 3 heterocycles. The van der Waals surface area contributed by atoms with Gasteiger partial charge in [0.05, 0.1) is 24.2 Å². The number of alkyl carbamates (subject to hydrolysis) is 1. The van der Waals surface area contributed by atoms with Gasteiger partial charge in [0.1, 0.15) is 32.1 Å². The van der Waals surface area contributed by atoms with Gasteiger partial charge in [-0.05, 0) is 59.4 Å².